The molecule has 11 nitrogen and oxygen atoms in total. The number of thiol groups is 1. The predicted octanol–water partition coefficient (Wildman–Crippen LogP) is 1.80. The molecule has 2 aromatic rings. The molecule has 0 saturated carbocycles. The number of carbonyl (C=O) groups is 2. The minimum absolute atomic E-state index is 0.0497. The topological polar surface area (TPSA) is 130 Å². The zero-order valence-electron chi connectivity index (χ0n) is 18.4. The van der Waals surface area contributed by atoms with Crippen LogP contribution < -0.4 is 9.75 Å². The van der Waals surface area contributed by atoms with Gasteiger partial charge >= 0.3 is 12.0 Å². The summed E-state index contributed by atoms with van der Waals surface area (Å²) in [6.07, 6.45) is 1.57. The van der Waals surface area contributed by atoms with Crippen LogP contribution in [0.3, 0.4) is 0 Å². The summed E-state index contributed by atoms with van der Waals surface area (Å²) in [5, 5.41) is 27.5. The Hall–Kier alpha value is -3.16. The first-order valence-electron chi connectivity index (χ1n) is 9.70. The fourth-order valence-electron chi connectivity index (χ4n) is 2.91. The first kappa shape index (κ1) is 26.1. The highest BCUT2D eigenvalue weighted by Crippen LogP contribution is 2.31. The second-order valence-electron chi connectivity index (χ2n) is 7.25. The summed E-state index contributed by atoms with van der Waals surface area (Å²) < 4.78 is 25.0. The van der Waals surface area contributed by atoms with E-state index in [0.717, 1.165) is 14.8 Å². The number of ether oxygens (including phenoxy) is 2. The summed E-state index contributed by atoms with van der Waals surface area (Å²) in [5.74, 6) is -1.61. The van der Waals surface area contributed by atoms with Gasteiger partial charge in [0.2, 0.25) is 0 Å². The number of aromatic nitrogens is 3. The van der Waals surface area contributed by atoms with Gasteiger partial charge in [-0.05, 0) is 32.0 Å². The highest BCUT2D eigenvalue weighted by Gasteiger charge is 2.43. The van der Waals surface area contributed by atoms with Gasteiger partial charge in [-0.25, -0.2) is 14.0 Å². The van der Waals surface area contributed by atoms with Crippen LogP contribution in [-0.2, 0) is 9.53 Å². The standard InChI is InChI=1S/C20H26FN5O6S/c1-13(33)24(19(30)25(20(2,3)18(28)29)26-22-7-8-23-26)12-17(32-10-9-27)15-11-14(21)5-6-16(15)31-4/h5-8,11,17,27,33H,1,9-10,12H2,2-4H3,(H,28,29)/t17-/m0/s1. The number of hydrogen-bond donors (Lipinski definition) is 3. The summed E-state index contributed by atoms with van der Waals surface area (Å²) in [6.45, 7) is 5.55. The molecular weight excluding hydrogens is 457 g/mol. The number of amides is 2. The van der Waals surface area contributed by atoms with E-state index in [1.54, 1.807) is 0 Å². The van der Waals surface area contributed by atoms with Crippen LogP contribution in [-0.4, -0.2) is 74.6 Å². The molecule has 180 valence electrons. The second kappa shape index (κ2) is 11.1. The van der Waals surface area contributed by atoms with Gasteiger partial charge in [-0.15, -0.1) is 22.8 Å². The molecule has 0 unspecified atom stereocenters. The summed E-state index contributed by atoms with van der Waals surface area (Å²) in [7, 11) is 1.39. The Morgan fingerprint density at radius 3 is 2.48 bits per heavy atom. The van der Waals surface area contributed by atoms with Crippen LogP contribution in [0.5, 0.6) is 5.75 Å². The van der Waals surface area contributed by atoms with Crippen LogP contribution in [0.4, 0.5) is 9.18 Å². The van der Waals surface area contributed by atoms with E-state index in [-0.39, 0.29) is 36.1 Å². The van der Waals surface area contributed by atoms with Crippen molar-refractivity contribution in [2.75, 3.05) is 31.9 Å². The molecule has 1 atom stereocenters. The summed E-state index contributed by atoms with van der Waals surface area (Å²) in [4.78, 5) is 27.4. The van der Waals surface area contributed by atoms with Crippen molar-refractivity contribution in [1.29, 1.82) is 0 Å². The third-order valence-electron chi connectivity index (χ3n) is 4.66. The lowest BCUT2D eigenvalue weighted by molar-refractivity contribution is -0.142. The van der Waals surface area contributed by atoms with E-state index in [0.29, 0.717) is 0 Å². The number of aliphatic hydroxyl groups excluding tert-OH is 1. The Labute approximate surface area is 195 Å². The maximum Gasteiger partial charge on any atom is 0.347 e. The Balaban J connectivity index is 2.51. The quantitative estimate of drug-likeness (QED) is 0.413. The smallest absolute Gasteiger partial charge is 0.347 e. The molecule has 2 amide bonds. The van der Waals surface area contributed by atoms with Gasteiger partial charge in [-0.2, -0.15) is 5.01 Å². The molecule has 33 heavy (non-hydrogen) atoms. The highest BCUT2D eigenvalue weighted by atomic mass is 32.1. The van der Waals surface area contributed by atoms with E-state index in [1.165, 1.54) is 51.6 Å². The van der Waals surface area contributed by atoms with E-state index in [9.17, 15) is 24.2 Å². The molecule has 0 bridgehead atoms. The van der Waals surface area contributed by atoms with Crippen molar-refractivity contribution >= 4 is 24.6 Å². The summed E-state index contributed by atoms with van der Waals surface area (Å²) in [5.41, 5.74) is -1.52. The number of rotatable bonds is 11. The molecule has 0 aliphatic carbocycles. The van der Waals surface area contributed by atoms with Gasteiger partial charge in [0.15, 0.2) is 5.54 Å². The van der Waals surface area contributed by atoms with Crippen LogP contribution in [0.2, 0.25) is 0 Å². The number of carboxylic acid groups (broad SMARTS) is 1. The van der Waals surface area contributed by atoms with E-state index < -0.39 is 29.5 Å². The number of carboxylic acids is 1. The molecule has 0 saturated heterocycles. The Kier molecular flexibility index (Phi) is 8.79. The van der Waals surface area contributed by atoms with Crippen molar-refractivity contribution in [1.82, 2.24) is 20.0 Å². The van der Waals surface area contributed by atoms with E-state index in [1.807, 2.05) is 0 Å². The third kappa shape index (κ3) is 6.00. The molecule has 0 spiro atoms. The first-order chi connectivity index (χ1) is 15.5. The number of methoxy groups -OCH3 is 1. The van der Waals surface area contributed by atoms with Crippen molar-refractivity contribution in [2.24, 2.45) is 0 Å². The van der Waals surface area contributed by atoms with Gasteiger partial charge in [-0.3, -0.25) is 4.90 Å². The molecule has 13 heteroatoms. The molecule has 1 heterocycles. The first-order valence-corrected chi connectivity index (χ1v) is 10.1. The summed E-state index contributed by atoms with van der Waals surface area (Å²) in [6, 6.07) is 2.90. The van der Waals surface area contributed by atoms with Gasteiger partial charge in [0, 0.05) is 5.56 Å². The fraction of sp³-hybridized carbons (Fsp3) is 0.400. The lowest BCUT2D eigenvalue weighted by atomic mass is 10.1. The predicted molar refractivity (Wildman–Crippen MR) is 119 cm³/mol. The maximum absolute atomic E-state index is 14.0. The van der Waals surface area contributed by atoms with Gasteiger partial charge in [0.1, 0.15) is 17.7 Å². The Morgan fingerprint density at radius 2 is 1.97 bits per heavy atom. The zero-order valence-corrected chi connectivity index (χ0v) is 19.3. The molecule has 0 fully saturated rings. The van der Waals surface area contributed by atoms with Crippen LogP contribution in [0.1, 0.15) is 25.5 Å². The molecule has 0 radical (unpaired) electrons. The molecular formula is C20H26FN5O6S. The molecule has 0 aliphatic rings. The summed E-state index contributed by atoms with van der Waals surface area (Å²) >= 11 is 4.20. The van der Waals surface area contributed by atoms with Crippen molar-refractivity contribution in [3.63, 3.8) is 0 Å². The van der Waals surface area contributed by atoms with Crippen molar-refractivity contribution in [3.05, 3.63) is 53.6 Å². The van der Waals surface area contributed by atoms with Gasteiger partial charge in [-0.1, -0.05) is 11.5 Å². The number of halogens is 1. The zero-order chi connectivity index (χ0) is 24.8. The Morgan fingerprint density at radius 1 is 1.33 bits per heavy atom. The van der Waals surface area contributed by atoms with Crippen LogP contribution in [0.15, 0.2) is 42.2 Å². The van der Waals surface area contributed by atoms with Gasteiger partial charge in [0.25, 0.3) is 0 Å². The number of hydrogen-bond acceptors (Lipinski definition) is 8. The van der Waals surface area contributed by atoms with Crippen LogP contribution in [0, 0.1) is 5.82 Å². The molecule has 0 aliphatic heterocycles. The lowest BCUT2D eigenvalue weighted by Crippen LogP contribution is -2.63. The number of aliphatic hydroxyl groups is 1. The largest absolute Gasteiger partial charge is 0.496 e. The van der Waals surface area contributed by atoms with E-state index in [4.69, 9.17) is 9.47 Å². The SMILES string of the molecule is C=C(S)N(C[C@H](OCCO)c1cc(F)ccc1OC)C(=O)N(n1nccn1)C(C)(C)C(=O)O. The number of carbonyl (C=O) groups excluding carboxylic acids is 1. The van der Waals surface area contributed by atoms with Crippen molar-refractivity contribution in [2.45, 2.75) is 25.5 Å². The van der Waals surface area contributed by atoms with Gasteiger partial charge in [0.05, 0.1) is 44.3 Å². The van der Waals surface area contributed by atoms with Crippen LogP contribution in [0.25, 0.3) is 0 Å². The van der Waals surface area contributed by atoms with E-state index >= 15 is 0 Å². The Bertz CT molecular complexity index is 987. The fourth-order valence-corrected chi connectivity index (χ4v) is 3.08. The maximum atomic E-state index is 14.0. The minimum atomic E-state index is -1.78. The average molecular weight is 484 g/mol. The van der Waals surface area contributed by atoms with E-state index in [2.05, 4.69) is 29.4 Å². The lowest BCUT2D eigenvalue weighted by Gasteiger charge is -2.37. The molecule has 1 aromatic carbocycles. The number of nitrogens with zero attached hydrogens (tertiary/aromatic N) is 5. The van der Waals surface area contributed by atoms with Crippen molar-refractivity contribution < 1.29 is 33.7 Å². The number of urea groups is 1. The number of aliphatic carboxylic acids is 1. The molecule has 2 rings (SSSR count). The van der Waals surface area contributed by atoms with Crippen molar-refractivity contribution in [3.8, 4) is 5.75 Å². The molecule has 2 N–H and O–H groups in total. The molecule has 1 aromatic heterocycles. The minimum Gasteiger partial charge on any atom is -0.496 e. The third-order valence-corrected chi connectivity index (χ3v) is 4.90. The van der Waals surface area contributed by atoms with Gasteiger partial charge < -0.3 is 19.7 Å². The second-order valence-corrected chi connectivity index (χ2v) is 7.77. The number of benzene rings is 1. The monoisotopic (exact) mass is 483 g/mol. The normalized spacial score (nSPS) is 12.2. The highest BCUT2D eigenvalue weighted by molar-refractivity contribution is 7.84. The average Bonchev–Trinajstić information content (AvgIpc) is 3.27. The van der Waals surface area contributed by atoms with Crippen LogP contribution >= 0.6 is 12.6 Å².